The van der Waals surface area contributed by atoms with Crippen LogP contribution in [0.15, 0.2) is 40.0 Å². The summed E-state index contributed by atoms with van der Waals surface area (Å²) in [5.41, 5.74) is 2.84. The minimum absolute atomic E-state index is 0.0403. The fourth-order valence-corrected chi connectivity index (χ4v) is 1.61. The van der Waals surface area contributed by atoms with Crippen molar-refractivity contribution in [2.45, 2.75) is 33.8 Å². The SMILES string of the molecule is Cc1ccc(/N=C(\OC(C)C)c2cnoc2C)cc1. The molecule has 0 atom stereocenters. The summed E-state index contributed by atoms with van der Waals surface area (Å²) in [6.07, 6.45) is 1.67. The van der Waals surface area contributed by atoms with Gasteiger partial charge in [0.15, 0.2) is 0 Å². The van der Waals surface area contributed by atoms with Gasteiger partial charge in [-0.05, 0) is 39.8 Å². The van der Waals surface area contributed by atoms with Crippen molar-refractivity contribution in [1.82, 2.24) is 5.16 Å². The molecule has 2 aromatic rings. The van der Waals surface area contributed by atoms with E-state index in [9.17, 15) is 0 Å². The first-order chi connectivity index (χ1) is 9.06. The van der Waals surface area contributed by atoms with Gasteiger partial charge in [-0.25, -0.2) is 4.99 Å². The Balaban J connectivity index is 2.37. The van der Waals surface area contributed by atoms with Gasteiger partial charge < -0.3 is 9.26 Å². The Morgan fingerprint density at radius 3 is 2.42 bits per heavy atom. The molecule has 0 saturated carbocycles. The van der Waals surface area contributed by atoms with Crippen molar-refractivity contribution in [1.29, 1.82) is 0 Å². The van der Waals surface area contributed by atoms with Crippen LogP contribution in [0.2, 0.25) is 0 Å². The summed E-state index contributed by atoms with van der Waals surface area (Å²) >= 11 is 0. The molecule has 1 heterocycles. The number of aromatic nitrogens is 1. The third-order valence-electron chi connectivity index (χ3n) is 2.59. The maximum absolute atomic E-state index is 5.76. The molecule has 2 rings (SSSR count). The molecule has 0 N–H and O–H groups in total. The van der Waals surface area contributed by atoms with Crippen LogP contribution in [0.1, 0.15) is 30.7 Å². The highest BCUT2D eigenvalue weighted by Crippen LogP contribution is 2.18. The Labute approximate surface area is 113 Å². The second-order valence-electron chi connectivity index (χ2n) is 4.71. The minimum atomic E-state index is 0.0403. The van der Waals surface area contributed by atoms with Crippen LogP contribution >= 0.6 is 0 Å². The summed E-state index contributed by atoms with van der Waals surface area (Å²) in [4.78, 5) is 4.54. The van der Waals surface area contributed by atoms with Crippen molar-refractivity contribution in [3.63, 3.8) is 0 Å². The highest BCUT2D eigenvalue weighted by Gasteiger charge is 2.14. The zero-order chi connectivity index (χ0) is 13.8. The molecule has 19 heavy (non-hydrogen) atoms. The van der Waals surface area contributed by atoms with E-state index in [4.69, 9.17) is 9.26 Å². The highest BCUT2D eigenvalue weighted by atomic mass is 16.5. The number of benzene rings is 1. The maximum Gasteiger partial charge on any atom is 0.226 e. The van der Waals surface area contributed by atoms with Crippen LogP contribution in [-0.2, 0) is 4.74 Å². The fraction of sp³-hybridized carbons (Fsp3) is 0.333. The van der Waals surface area contributed by atoms with Crippen LogP contribution < -0.4 is 0 Å². The molecule has 0 amide bonds. The highest BCUT2D eigenvalue weighted by molar-refractivity contribution is 5.96. The molecule has 0 spiro atoms. The first-order valence-corrected chi connectivity index (χ1v) is 6.30. The van der Waals surface area contributed by atoms with Crippen molar-refractivity contribution < 1.29 is 9.26 Å². The Kier molecular flexibility index (Phi) is 4.00. The molecule has 0 aliphatic rings. The number of aryl methyl sites for hydroxylation is 2. The van der Waals surface area contributed by atoms with E-state index in [-0.39, 0.29) is 6.10 Å². The molecule has 0 fully saturated rings. The summed E-state index contributed by atoms with van der Waals surface area (Å²) in [5.74, 6) is 1.24. The number of rotatable bonds is 3. The summed E-state index contributed by atoms with van der Waals surface area (Å²) in [6, 6.07) is 7.96. The first-order valence-electron chi connectivity index (χ1n) is 6.30. The monoisotopic (exact) mass is 258 g/mol. The lowest BCUT2D eigenvalue weighted by Crippen LogP contribution is -2.13. The van der Waals surface area contributed by atoms with Gasteiger partial charge in [-0.15, -0.1) is 0 Å². The number of ether oxygens (including phenoxy) is 1. The normalized spacial score (nSPS) is 11.9. The van der Waals surface area contributed by atoms with Gasteiger partial charge in [0, 0.05) is 0 Å². The predicted octanol–water partition coefficient (Wildman–Crippen LogP) is 3.79. The predicted molar refractivity (Wildman–Crippen MR) is 74.8 cm³/mol. The third-order valence-corrected chi connectivity index (χ3v) is 2.59. The molecule has 0 aliphatic carbocycles. The van der Waals surface area contributed by atoms with E-state index in [0.717, 1.165) is 11.3 Å². The van der Waals surface area contributed by atoms with Gasteiger partial charge >= 0.3 is 0 Å². The quantitative estimate of drug-likeness (QED) is 0.621. The average molecular weight is 258 g/mol. The van der Waals surface area contributed by atoms with Gasteiger partial charge in [0.1, 0.15) is 5.76 Å². The molecule has 1 aromatic carbocycles. The van der Waals surface area contributed by atoms with Crippen molar-refractivity contribution >= 4 is 11.6 Å². The number of nitrogens with zero attached hydrogens (tertiary/aromatic N) is 2. The van der Waals surface area contributed by atoms with E-state index in [0.29, 0.717) is 11.7 Å². The second kappa shape index (κ2) is 5.69. The molecule has 0 radical (unpaired) electrons. The van der Waals surface area contributed by atoms with Crippen LogP contribution in [0, 0.1) is 13.8 Å². The first kappa shape index (κ1) is 13.3. The van der Waals surface area contributed by atoms with Gasteiger partial charge in [-0.2, -0.15) is 0 Å². The Bertz CT molecular complexity index is 568. The van der Waals surface area contributed by atoms with Gasteiger partial charge in [0.25, 0.3) is 0 Å². The average Bonchev–Trinajstić information content (AvgIpc) is 2.77. The van der Waals surface area contributed by atoms with E-state index in [1.807, 2.05) is 52.0 Å². The molecular weight excluding hydrogens is 240 g/mol. The topological polar surface area (TPSA) is 47.6 Å². The molecule has 100 valence electrons. The lowest BCUT2D eigenvalue weighted by Gasteiger charge is -2.11. The third kappa shape index (κ3) is 3.44. The number of hydrogen-bond donors (Lipinski definition) is 0. The lowest BCUT2D eigenvalue weighted by atomic mass is 10.2. The lowest BCUT2D eigenvalue weighted by molar-refractivity contribution is 0.229. The molecule has 4 heteroatoms. The van der Waals surface area contributed by atoms with E-state index in [1.54, 1.807) is 6.20 Å². The molecule has 0 saturated heterocycles. The molecule has 0 bridgehead atoms. The number of aliphatic imine (C=N–C) groups is 1. The fourth-order valence-electron chi connectivity index (χ4n) is 1.61. The smallest absolute Gasteiger partial charge is 0.226 e. The van der Waals surface area contributed by atoms with E-state index in [2.05, 4.69) is 10.1 Å². The van der Waals surface area contributed by atoms with Crippen LogP contribution in [0.5, 0.6) is 0 Å². The second-order valence-corrected chi connectivity index (χ2v) is 4.71. The minimum Gasteiger partial charge on any atom is -0.474 e. The summed E-state index contributed by atoms with van der Waals surface area (Å²) in [5, 5.41) is 3.77. The van der Waals surface area contributed by atoms with Gasteiger partial charge in [-0.1, -0.05) is 22.9 Å². The Morgan fingerprint density at radius 2 is 1.89 bits per heavy atom. The molecule has 1 aromatic heterocycles. The zero-order valence-electron chi connectivity index (χ0n) is 11.7. The van der Waals surface area contributed by atoms with Gasteiger partial charge in [-0.3, -0.25) is 0 Å². The maximum atomic E-state index is 5.76. The molecular formula is C15H18N2O2. The van der Waals surface area contributed by atoms with E-state index >= 15 is 0 Å². The van der Waals surface area contributed by atoms with Crippen molar-refractivity contribution in [3.05, 3.63) is 47.3 Å². The van der Waals surface area contributed by atoms with Crippen molar-refractivity contribution in [3.8, 4) is 0 Å². The Morgan fingerprint density at radius 1 is 1.21 bits per heavy atom. The summed E-state index contributed by atoms with van der Waals surface area (Å²) in [6.45, 7) is 7.82. The zero-order valence-corrected chi connectivity index (χ0v) is 11.7. The Hall–Kier alpha value is -2.10. The standard InChI is InChI=1S/C15H18N2O2/c1-10(2)18-15(14-9-16-19-12(14)4)17-13-7-5-11(3)6-8-13/h5-10H,1-4H3/b17-15-. The van der Waals surface area contributed by atoms with E-state index < -0.39 is 0 Å². The van der Waals surface area contributed by atoms with Crippen LogP contribution in [0.25, 0.3) is 0 Å². The summed E-state index contributed by atoms with van der Waals surface area (Å²) < 4.78 is 10.8. The van der Waals surface area contributed by atoms with Crippen LogP contribution in [0.4, 0.5) is 5.69 Å². The largest absolute Gasteiger partial charge is 0.474 e. The van der Waals surface area contributed by atoms with Crippen LogP contribution in [-0.4, -0.2) is 17.2 Å². The number of hydrogen-bond acceptors (Lipinski definition) is 4. The molecule has 0 aliphatic heterocycles. The molecule has 4 nitrogen and oxygen atoms in total. The molecule has 0 unspecified atom stereocenters. The van der Waals surface area contributed by atoms with Gasteiger partial charge in [0.05, 0.1) is 23.6 Å². The van der Waals surface area contributed by atoms with E-state index in [1.165, 1.54) is 5.56 Å². The van der Waals surface area contributed by atoms with Gasteiger partial charge in [0.2, 0.25) is 5.90 Å². The van der Waals surface area contributed by atoms with Crippen molar-refractivity contribution in [2.75, 3.05) is 0 Å². The van der Waals surface area contributed by atoms with Crippen molar-refractivity contribution in [2.24, 2.45) is 4.99 Å². The van der Waals surface area contributed by atoms with Crippen LogP contribution in [0.3, 0.4) is 0 Å². The summed E-state index contributed by atoms with van der Waals surface area (Å²) in [7, 11) is 0.